The number of carbonyl (C=O) groups excluding carboxylic acids is 1. The number of amides is 1. The zero-order chi connectivity index (χ0) is 20.8. The van der Waals surface area contributed by atoms with Crippen molar-refractivity contribution in [3.63, 3.8) is 0 Å². The third kappa shape index (κ3) is 5.13. The zero-order valence-corrected chi connectivity index (χ0v) is 17.5. The average molecular weight is 424 g/mol. The lowest BCUT2D eigenvalue weighted by atomic mass is 10.1. The molecule has 3 aromatic rings. The lowest BCUT2D eigenvalue weighted by Crippen LogP contribution is -2.20. The van der Waals surface area contributed by atoms with Gasteiger partial charge in [-0.25, -0.2) is 9.89 Å². The molecule has 1 aliphatic heterocycles. The quantitative estimate of drug-likeness (QED) is 0.544. The van der Waals surface area contributed by atoms with Crippen LogP contribution in [0.25, 0.3) is 0 Å². The molecule has 0 saturated carbocycles. The van der Waals surface area contributed by atoms with Crippen LogP contribution in [0.15, 0.2) is 64.5 Å². The summed E-state index contributed by atoms with van der Waals surface area (Å²) in [6.07, 6.45) is 3.20. The standard InChI is InChI=1S/C22H25N5O2S/c28-20(23-18-8-10-19(11-9-18)26-13-4-5-14-26)16-30-22-25-24-21(29)27(22)15-12-17-6-2-1-3-7-17/h1-3,6-11H,4-5,12-16H2,(H,23,28)(H,24,29). The van der Waals surface area contributed by atoms with Gasteiger partial charge in [0, 0.05) is 31.0 Å². The van der Waals surface area contributed by atoms with Crippen LogP contribution in [0.2, 0.25) is 0 Å². The number of benzene rings is 2. The molecular formula is C22H25N5O2S. The number of hydrogen-bond acceptors (Lipinski definition) is 5. The van der Waals surface area contributed by atoms with Gasteiger partial charge in [0.2, 0.25) is 5.91 Å². The first-order valence-corrected chi connectivity index (χ1v) is 11.1. The highest BCUT2D eigenvalue weighted by atomic mass is 32.2. The molecule has 2 N–H and O–H groups in total. The normalized spacial score (nSPS) is 13.5. The predicted molar refractivity (Wildman–Crippen MR) is 120 cm³/mol. The van der Waals surface area contributed by atoms with E-state index in [0.29, 0.717) is 11.7 Å². The molecule has 0 spiro atoms. The molecule has 4 rings (SSSR count). The highest BCUT2D eigenvalue weighted by Crippen LogP contribution is 2.22. The Hall–Kier alpha value is -3.00. The van der Waals surface area contributed by atoms with Gasteiger partial charge in [-0.3, -0.25) is 9.36 Å². The number of rotatable bonds is 8. The molecule has 1 aliphatic rings. The third-order valence-electron chi connectivity index (χ3n) is 5.14. The second-order valence-corrected chi connectivity index (χ2v) is 8.22. The van der Waals surface area contributed by atoms with E-state index in [4.69, 9.17) is 0 Å². The van der Waals surface area contributed by atoms with E-state index in [0.717, 1.165) is 30.8 Å². The summed E-state index contributed by atoms with van der Waals surface area (Å²) in [5, 5.41) is 9.98. The summed E-state index contributed by atoms with van der Waals surface area (Å²) in [6.45, 7) is 2.71. The number of carbonyl (C=O) groups is 1. The van der Waals surface area contributed by atoms with Crippen molar-refractivity contribution in [2.45, 2.75) is 31.0 Å². The Bertz CT molecular complexity index is 1020. The average Bonchev–Trinajstić information content (AvgIpc) is 3.42. The van der Waals surface area contributed by atoms with E-state index >= 15 is 0 Å². The summed E-state index contributed by atoms with van der Waals surface area (Å²) in [4.78, 5) is 26.8. The number of nitrogens with one attached hydrogen (secondary N) is 2. The highest BCUT2D eigenvalue weighted by molar-refractivity contribution is 7.99. The molecule has 2 aromatic carbocycles. The first-order valence-electron chi connectivity index (χ1n) is 10.2. The van der Waals surface area contributed by atoms with Gasteiger partial charge >= 0.3 is 5.69 Å². The summed E-state index contributed by atoms with van der Waals surface area (Å²) >= 11 is 1.25. The van der Waals surface area contributed by atoms with Gasteiger partial charge < -0.3 is 10.2 Å². The van der Waals surface area contributed by atoms with Crippen LogP contribution in [0.5, 0.6) is 0 Å². The van der Waals surface area contributed by atoms with Crippen molar-refractivity contribution < 1.29 is 4.79 Å². The van der Waals surface area contributed by atoms with Gasteiger partial charge in [-0.05, 0) is 49.1 Å². The molecule has 2 heterocycles. The Morgan fingerprint density at radius 1 is 1.07 bits per heavy atom. The molecule has 0 aliphatic carbocycles. The van der Waals surface area contributed by atoms with E-state index in [1.165, 1.54) is 30.3 Å². The Morgan fingerprint density at radius 2 is 1.80 bits per heavy atom. The van der Waals surface area contributed by atoms with Crippen LogP contribution in [0.1, 0.15) is 18.4 Å². The second-order valence-electron chi connectivity index (χ2n) is 7.28. The maximum Gasteiger partial charge on any atom is 0.343 e. The molecule has 0 radical (unpaired) electrons. The fourth-order valence-corrected chi connectivity index (χ4v) is 4.33. The van der Waals surface area contributed by atoms with Crippen molar-refractivity contribution >= 4 is 29.0 Å². The zero-order valence-electron chi connectivity index (χ0n) is 16.7. The van der Waals surface area contributed by atoms with Gasteiger partial charge in [0.25, 0.3) is 0 Å². The van der Waals surface area contributed by atoms with Crippen molar-refractivity contribution in [2.24, 2.45) is 0 Å². The molecule has 1 saturated heterocycles. The van der Waals surface area contributed by atoms with Crippen LogP contribution in [-0.4, -0.2) is 39.5 Å². The monoisotopic (exact) mass is 423 g/mol. The molecule has 0 unspecified atom stereocenters. The Labute approximate surface area is 179 Å². The molecule has 156 valence electrons. The fraction of sp³-hybridized carbons (Fsp3) is 0.318. The maximum atomic E-state index is 12.4. The summed E-state index contributed by atoms with van der Waals surface area (Å²) in [6, 6.07) is 17.9. The summed E-state index contributed by atoms with van der Waals surface area (Å²) in [7, 11) is 0. The lowest BCUT2D eigenvalue weighted by Gasteiger charge is -2.17. The molecule has 0 bridgehead atoms. The highest BCUT2D eigenvalue weighted by Gasteiger charge is 2.13. The largest absolute Gasteiger partial charge is 0.372 e. The smallest absolute Gasteiger partial charge is 0.343 e. The summed E-state index contributed by atoms with van der Waals surface area (Å²) in [5.74, 6) is 0.0581. The predicted octanol–water partition coefficient (Wildman–Crippen LogP) is 3.15. The lowest BCUT2D eigenvalue weighted by molar-refractivity contribution is -0.113. The Kier molecular flexibility index (Phi) is 6.53. The summed E-state index contributed by atoms with van der Waals surface area (Å²) in [5.41, 5.74) is 2.86. The summed E-state index contributed by atoms with van der Waals surface area (Å²) < 4.78 is 1.58. The number of hydrogen-bond donors (Lipinski definition) is 2. The number of aromatic amines is 1. The number of nitrogens with zero attached hydrogens (tertiary/aromatic N) is 3. The molecule has 1 aromatic heterocycles. The molecule has 0 atom stereocenters. The fourth-order valence-electron chi connectivity index (χ4n) is 3.55. The number of thioether (sulfide) groups is 1. The molecule has 1 amide bonds. The third-order valence-corrected chi connectivity index (χ3v) is 6.12. The molecule has 30 heavy (non-hydrogen) atoms. The van der Waals surface area contributed by atoms with E-state index in [2.05, 4.69) is 20.4 Å². The van der Waals surface area contributed by atoms with Crippen molar-refractivity contribution in [3.05, 3.63) is 70.6 Å². The van der Waals surface area contributed by atoms with Crippen molar-refractivity contribution in [2.75, 3.05) is 29.1 Å². The van der Waals surface area contributed by atoms with Gasteiger partial charge in [-0.1, -0.05) is 42.1 Å². The SMILES string of the molecule is O=C(CSc1n[nH]c(=O)n1CCc1ccccc1)Nc1ccc(N2CCCC2)cc1. The van der Waals surface area contributed by atoms with Crippen LogP contribution in [0.4, 0.5) is 11.4 Å². The van der Waals surface area contributed by atoms with E-state index in [9.17, 15) is 9.59 Å². The number of aryl methyl sites for hydroxylation is 1. The van der Waals surface area contributed by atoms with Crippen molar-refractivity contribution in [3.8, 4) is 0 Å². The van der Waals surface area contributed by atoms with Crippen LogP contribution in [-0.2, 0) is 17.8 Å². The van der Waals surface area contributed by atoms with E-state index in [1.807, 2.05) is 54.6 Å². The molecule has 8 heteroatoms. The topological polar surface area (TPSA) is 83.0 Å². The number of H-pyrrole nitrogens is 1. The first kappa shape index (κ1) is 20.3. The van der Waals surface area contributed by atoms with Crippen LogP contribution in [0.3, 0.4) is 0 Å². The molecule has 7 nitrogen and oxygen atoms in total. The Balaban J connectivity index is 1.30. The number of aromatic nitrogens is 3. The van der Waals surface area contributed by atoms with E-state index in [-0.39, 0.29) is 17.3 Å². The van der Waals surface area contributed by atoms with Gasteiger partial charge in [0.15, 0.2) is 5.16 Å². The van der Waals surface area contributed by atoms with Gasteiger partial charge in [-0.15, -0.1) is 5.10 Å². The van der Waals surface area contributed by atoms with Crippen molar-refractivity contribution in [1.82, 2.24) is 14.8 Å². The minimum absolute atomic E-state index is 0.126. The van der Waals surface area contributed by atoms with Crippen LogP contribution >= 0.6 is 11.8 Å². The van der Waals surface area contributed by atoms with Gasteiger partial charge in [0.1, 0.15) is 0 Å². The molecular weight excluding hydrogens is 398 g/mol. The van der Waals surface area contributed by atoms with Gasteiger partial charge in [0.05, 0.1) is 5.75 Å². The second kappa shape index (κ2) is 9.67. The Morgan fingerprint density at radius 3 is 2.53 bits per heavy atom. The molecule has 1 fully saturated rings. The van der Waals surface area contributed by atoms with E-state index in [1.54, 1.807) is 4.57 Å². The van der Waals surface area contributed by atoms with Crippen molar-refractivity contribution in [1.29, 1.82) is 0 Å². The van der Waals surface area contributed by atoms with Crippen LogP contribution in [0, 0.1) is 0 Å². The maximum absolute atomic E-state index is 12.4. The first-order chi connectivity index (χ1) is 14.7. The van der Waals surface area contributed by atoms with Gasteiger partial charge in [-0.2, -0.15) is 0 Å². The minimum Gasteiger partial charge on any atom is -0.372 e. The van der Waals surface area contributed by atoms with E-state index < -0.39 is 0 Å². The van der Waals surface area contributed by atoms with Crippen LogP contribution < -0.4 is 15.9 Å². The minimum atomic E-state index is -0.258. The number of anilines is 2.